The molecular formula is C26H42O14. The van der Waals surface area contributed by atoms with Gasteiger partial charge in [0.1, 0.15) is 56.4 Å². The predicted octanol–water partition coefficient (Wildman–Crippen LogP) is -1.43. The van der Waals surface area contributed by atoms with Crippen molar-refractivity contribution in [3.63, 3.8) is 0 Å². The number of rotatable bonds is 22. The van der Waals surface area contributed by atoms with E-state index in [0.29, 0.717) is 0 Å². The van der Waals surface area contributed by atoms with Gasteiger partial charge in [-0.2, -0.15) is 0 Å². The molecule has 0 radical (unpaired) electrons. The smallest absolute Gasteiger partial charge is 0.330 e. The highest BCUT2D eigenvalue weighted by atomic mass is 16.6. The average molecular weight is 579 g/mol. The summed E-state index contributed by atoms with van der Waals surface area (Å²) in [4.78, 5) is 34.3. The maximum atomic E-state index is 11.5. The predicted molar refractivity (Wildman–Crippen MR) is 139 cm³/mol. The number of aliphatic hydroxyl groups excluding tert-OH is 5. The van der Waals surface area contributed by atoms with Gasteiger partial charge in [-0.1, -0.05) is 18.2 Å². The van der Waals surface area contributed by atoms with Crippen LogP contribution in [0.3, 0.4) is 0 Å². The Morgan fingerprint density at radius 1 is 0.550 bits per heavy atom. The van der Waals surface area contributed by atoms with Crippen LogP contribution in [0.5, 0.6) is 0 Å². The van der Waals surface area contributed by atoms with E-state index in [-0.39, 0.29) is 0 Å². The standard InChI is InChI=1S/C26H42O14/c1-4-7-23(32)37-14-18(29)12-35-21(10-27)26(40-17-20(31)16-39-25(34)9-6-3)22(11-28)36-13-19(30)15-38-24(33)8-5-2/h4-9,18-22,26-31H,10-17H2,1-3H3/t18?,19?,20?,21-,22+,26?. The molecule has 0 heterocycles. The monoisotopic (exact) mass is 578 g/mol. The normalized spacial score (nSPS) is 16.5. The Kier molecular flexibility index (Phi) is 21.5. The van der Waals surface area contributed by atoms with Crippen LogP contribution in [0.25, 0.3) is 0 Å². The Bertz CT molecular complexity index is 750. The molecule has 0 bridgehead atoms. The fourth-order valence-electron chi connectivity index (χ4n) is 2.88. The van der Waals surface area contributed by atoms with Gasteiger partial charge in [-0.3, -0.25) is 0 Å². The fourth-order valence-corrected chi connectivity index (χ4v) is 2.88. The third-order valence-electron chi connectivity index (χ3n) is 4.74. The summed E-state index contributed by atoms with van der Waals surface area (Å²) in [6.07, 6.45) is 0.263. The lowest BCUT2D eigenvalue weighted by Crippen LogP contribution is -2.49. The van der Waals surface area contributed by atoms with Crippen molar-refractivity contribution < 1.29 is 68.3 Å². The minimum Gasteiger partial charge on any atom is -0.460 e. The van der Waals surface area contributed by atoms with Gasteiger partial charge in [0.25, 0.3) is 0 Å². The molecule has 6 atom stereocenters. The zero-order valence-corrected chi connectivity index (χ0v) is 23.0. The van der Waals surface area contributed by atoms with Crippen LogP contribution in [0, 0.1) is 0 Å². The highest BCUT2D eigenvalue weighted by molar-refractivity contribution is 5.82. The van der Waals surface area contributed by atoms with Gasteiger partial charge in [0, 0.05) is 18.2 Å². The van der Waals surface area contributed by atoms with Gasteiger partial charge in [0.2, 0.25) is 0 Å². The van der Waals surface area contributed by atoms with E-state index in [1.165, 1.54) is 18.2 Å². The van der Waals surface area contributed by atoms with Gasteiger partial charge < -0.3 is 54.0 Å². The molecule has 0 aliphatic heterocycles. The Hall–Kier alpha value is -2.69. The molecule has 14 nitrogen and oxygen atoms in total. The molecule has 0 aliphatic rings. The number of allylic oxidation sites excluding steroid dienone is 3. The topological polar surface area (TPSA) is 208 Å². The van der Waals surface area contributed by atoms with Gasteiger partial charge >= 0.3 is 17.9 Å². The van der Waals surface area contributed by atoms with Crippen molar-refractivity contribution in [3.8, 4) is 0 Å². The van der Waals surface area contributed by atoms with Crippen LogP contribution in [-0.2, 0) is 42.8 Å². The van der Waals surface area contributed by atoms with Crippen molar-refractivity contribution in [2.75, 3.05) is 52.9 Å². The van der Waals surface area contributed by atoms with E-state index in [1.807, 2.05) is 0 Å². The molecule has 230 valence electrons. The molecule has 0 amide bonds. The summed E-state index contributed by atoms with van der Waals surface area (Å²) in [5.74, 6) is -2.02. The fraction of sp³-hybridized carbons (Fsp3) is 0.654. The minimum atomic E-state index is -1.30. The van der Waals surface area contributed by atoms with Gasteiger partial charge in [0.15, 0.2) is 0 Å². The molecule has 14 heteroatoms. The van der Waals surface area contributed by atoms with Crippen molar-refractivity contribution in [2.24, 2.45) is 0 Å². The SMILES string of the molecule is CC=CC(=O)OCC(O)COC([C@H](CO)OCC(O)COC(=O)C=CC)[C@@H](CO)OCC(O)COC(=O)C=CC. The lowest BCUT2D eigenvalue weighted by molar-refractivity contribution is -0.186. The highest BCUT2D eigenvalue weighted by Crippen LogP contribution is 2.15. The number of hydrogen-bond donors (Lipinski definition) is 5. The molecular weight excluding hydrogens is 536 g/mol. The summed E-state index contributed by atoms with van der Waals surface area (Å²) in [5.41, 5.74) is 0. The van der Waals surface area contributed by atoms with Crippen LogP contribution in [0.15, 0.2) is 36.5 Å². The molecule has 0 saturated heterocycles. The summed E-state index contributed by atoms with van der Waals surface area (Å²) in [7, 11) is 0. The summed E-state index contributed by atoms with van der Waals surface area (Å²) in [5, 5.41) is 50.2. The van der Waals surface area contributed by atoms with E-state index in [9.17, 15) is 39.9 Å². The van der Waals surface area contributed by atoms with E-state index < -0.39 is 107 Å². The molecule has 0 rings (SSSR count). The van der Waals surface area contributed by atoms with Crippen LogP contribution >= 0.6 is 0 Å². The van der Waals surface area contributed by atoms with E-state index in [2.05, 4.69) is 0 Å². The van der Waals surface area contributed by atoms with Crippen molar-refractivity contribution in [1.82, 2.24) is 0 Å². The molecule has 0 aromatic rings. The number of carbonyl (C=O) groups is 3. The zero-order valence-electron chi connectivity index (χ0n) is 23.0. The summed E-state index contributed by atoms with van der Waals surface area (Å²) >= 11 is 0. The molecule has 0 aromatic carbocycles. The second-order valence-corrected chi connectivity index (χ2v) is 8.26. The Balaban J connectivity index is 5.32. The molecule has 40 heavy (non-hydrogen) atoms. The maximum Gasteiger partial charge on any atom is 0.330 e. The first-order chi connectivity index (χ1) is 19.1. The van der Waals surface area contributed by atoms with Crippen molar-refractivity contribution in [1.29, 1.82) is 0 Å². The second kappa shape index (κ2) is 23.1. The lowest BCUT2D eigenvalue weighted by Gasteiger charge is -2.33. The third kappa shape index (κ3) is 17.8. The van der Waals surface area contributed by atoms with Crippen molar-refractivity contribution in [2.45, 2.75) is 57.4 Å². The summed E-state index contributed by atoms with van der Waals surface area (Å²) < 4.78 is 31.2. The van der Waals surface area contributed by atoms with Crippen LogP contribution < -0.4 is 0 Å². The Morgan fingerprint density at radius 2 is 0.850 bits per heavy atom. The number of esters is 3. The number of ether oxygens (including phenoxy) is 6. The second-order valence-electron chi connectivity index (χ2n) is 8.26. The van der Waals surface area contributed by atoms with Gasteiger partial charge in [-0.25, -0.2) is 14.4 Å². The first-order valence-corrected chi connectivity index (χ1v) is 12.6. The van der Waals surface area contributed by atoms with E-state index in [1.54, 1.807) is 20.8 Å². The number of hydrogen-bond acceptors (Lipinski definition) is 14. The van der Waals surface area contributed by atoms with Crippen LogP contribution in [0.4, 0.5) is 0 Å². The summed E-state index contributed by atoms with van der Waals surface area (Å²) in [6.45, 7) is 0.967. The largest absolute Gasteiger partial charge is 0.460 e. The lowest BCUT2D eigenvalue weighted by atomic mass is 10.1. The first kappa shape index (κ1) is 37.3. The van der Waals surface area contributed by atoms with Gasteiger partial charge in [0.05, 0.1) is 33.0 Å². The quantitative estimate of drug-likeness (QED) is 0.0567. The van der Waals surface area contributed by atoms with E-state index in [0.717, 1.165) is 18.2 Å². The minimum absolute atomic E-state index is 0.402. The van der Waals surface area contributed by atoms with Gasteiger partial charge in [-0.05, 0) is 20.8 Å². The van der Waals surface area contributed by atoms with Gasteiger partial charge in [-0.15, -0.1) is 0 Å². The molecule has 0 fully saturated rings. The van der Waals surface area contributed by atoms with Crippen molar-refractivity contribution >= 4 is 17.9 Å². The molecule has 4 unspecified atom stereocenters. The molecule has 5 N–H and O–H groups in total. The molecule has 0 aromatic heterocycles. The van der Waals surface area contributed by atoms with Crippen LogP contribution in [0.2, 0.25) is 0 Å². The van der Waals surface area contributed by atoms with Crippen LogP contribution in [-0.4, -0.2) is 133 Å². The number of carbonyl (C=O) groups excluding carboxylic acids is 3. The van der Waals surface area contributed by atoms with E-state index >= 15 is 0 Å². The highest BCUT2D eigenvalue weighted by Gasteiger charge is 2.33. The first-order valence-electron chi connectivity index (χ1n) is 12.6. The van der Waals surface area contributed by atoms with E-state index in [4.69, 9.17) is 28.4 Å². The molecule has 0 saturated carbocycles. The summed E-state index contributed by atoms with van der Waals surface area (Å²) in [6, 6.07) is 0. The average Bonchev–Trinajstić information content (AvgIpc) is 2.92. The zero-order chi connectivity index (χ0) is 30.3. The van der Waals surface area contributed by atoms with Crippen molar-refractivity contribution in [3.05, 3.63) is 36.5 Å². The molecule has 0 aliphatic carbocycles. The number of aliphatic hydroxyl groups is 5. The third-order valence-corrected chi connectivity index (χ3v) is 4.74. The maximum absolute atomic E-state index is 11.5. The Morgan fingerprint density at radius 3 is 1.12 bits per heavy atom. The Labute approximate surface area is 233 Å². The molecule has 0 spiro atoms. The van der Waals surface area contributed by atoms with Crippen LogP contribution in [0.1, 0.15) is 20.8 Å².